The topological polar surface area (TPSA) is 32.3 Å². The molecule has 1 N–H and O–H groups in total. The van der Waals surface area contributed by atoms with Crippen molar-refractivity contribution >= 4 is 33.4 Å². The van der Waals surface area contributed by atoms with Crippen LogP contribution in [0.15, 0.2) is 22.7 Å². The van der Waals surface area contributed by atoms with Crippen molar-refractivity contribution in [3.63, 3.8) is 0 Å². The molecule has 0 saturated carbocycles. The second-order valence-electron chi connectivity index (χ2n) is 5.91. The highest BCUT2D eigenvalue weighted by molar-refractivity contribution is 9.10. The van der Waals surface area contributed by atoms with Gasteiger partial charge in [-0.2, -0.15) is 0 Å². The van der Waals surface area contributed by atoms with Crippen LogP contribution < -0.4 is 5.32 Å². The smallest absolute Gasteiger partial charge is 0.252 e. The molecule has 0 radical (unpaired) electrons. The molecule has 1 heterocycles. The fourth-order valence-electron chi connectivity index (χ4n) is 2.68. The number of benzene rings is 1. The normalized spacial score (nSPS) is 17.2. The first-order valence-electron chi connectivity index (χ1n) is 7.44. The van der Waals surface area contributed by atoms with Gasteiger partial charge in [0.2, 0.25) is 0 Å². The Hall–Kier alpha value is -0.580. The van der Waals surface area contributed by atoms with E-state index in [1.807, 2.05) is 6.07 Å². The third-order valence-electron chi connectivity index (χ3n) is 4.10. The van der Waals surface area contributed by atoms with Crippen molar-refractivity contribution in [3.8, 4) is 0 Å². The van der Waals surface area contributed by atoms with Crippen molar-refractivity contribution in [1.82, 2.24) is 10.2 Å². The quantitative estimate of drug-likeness (QED) is 0.866. The van der Waals surface area contributed by atoms with Gasteiger partial charge in [0.05, 0.1) is 10.6 Å². The van der Waals surface area contributed by atoms with Crippen LogP contribution in [0.4, 0.5) is 0 Å². The number of likely N-dealkylation sites (tertiary alicyclic amines) is 1. The van der Waals surface area contributed by atoms with E-state index < -0.39 is 0 Å². The van der Waals surface area contributed by atoms with E-state index in [2.05, 4.69) is 40.0 Å². The van der Waals surface area contributed by atoms with Crippen LogP contribution >= 0.6 is 27.5 Å². The van der Waals surface area contributed by atoms with Crippen LogP contribution in [0.1, 0.15) is 37.0 Å². The minimum Gasteiger partial charge on any atom is -0.352 e. The molecule has 0 unspecified atom stereocenters. The van der Waals surface area contributed by atoms with Crippen LogP contribution in [0.3, 0.4) is 0 Å². The summed E-state index contributed by atoms with van der Waals surface area (Å²) < 4.78 is 0.863. The first-order valence-corrected chi connectivity index (χ1v) is 8.61. The van der Waals surface area contributed by atoms with Gasteiger partial charge in [0, 0.05) is 17.1 Å². The lowest BCUT2D eigenvalue weighted by molar-refractivity contribution is 0.0930. The van der Waals surface area contributed by atoms with Crippen LogP contribution in [0.5, 0.6) is 0 Å². The number of nitrogens with zero attached hydrogens (tertiary/aromatic N) is 1. The van der Waals surface area contributed by atoms with Crippen molar-refractivity contribution < 1.29 is 4.79 Å². The SMILES string of the molecule is CC(C)N1CCC(CNC(=O)c2cc(Br)ccc2Cl)CC1. The Bertz CT molecular complexity index is 499. The summed E-state index contributed by atoms with van der Waals surface area (Å²) in [5.41, 5.74) is 0.533. The minimum atomic E-state index is -0.0902. The van der Waals surface area contributed by atoms with Gasteiger partial charge in [-0.25, -0.2) is 0 Å². The molecular formula is C16H22BrClN2O. The predicted molar refractivity (Wildman–Crippen MR) is 90.9 cm³/mol. The summed E-state index contributed by atoms with van der Waals surface area (Å²) in [6, 6.07) is 5.95. The molecule has 1 aromatic carbocycles. The molecule has 1 aliphatic heterocycles. The number of hydrogen-bond donors (Lipinski definition) is 1. The van der Waals surface area contributed by atoms with Gasteiger partial charge >= 0.3 is 0 Å². The third-order valence-corrected chi connectivity index (χ3v) is 4.93. The van der Waals surface area contributed by atoms with Crippen molar-refractivity contribution in [3.05, 3.63) is 33.3 Å². The third kappa shape index (κ3) is 4.70. The molecule has 116 valence electrons. The molecular weight excluding hydrogens is 352 g/mol. The van der Waals surface area contributed by atoms with Gasteiger partial charge in [0.15, 0.2) is 0 Å². The van der Waals surface area contributed by atoms with E-state index in [0.717, 1.165) is 36.9 Å². The largest absolute Gasteiger partial charge is 0.352 e. The van der Waals surface area contributed by atoms with E-state index in [-0.39, 0.29) is 5.91 Å². The van der Waals surface area contributed by atoms with E-state index in [1.54, 1.807) is 12.1 Å². The molecule has 0 bridgehead atoms. The first kappa shape index (κ1) is 16.8. The van der Waals surface area contributed by atoms with Gasteiger partial charge in [-0.3, -0.25) is 4.79 Å². The lowest BCUT2D eigenvalue weighted by Gasteiger charge is -2.34. The highest BCUT2D eigenvalue weighted by Crippen LogP contribution is 2.22. The van der Waals surface area contributed by atoms with Gasteiger partial charge in [-0.1, -0.05) is 27.5 Å². The Balaban J connectivity index is 1.84. The van der Waals surface area contributed by atoms with E-state index in [0.29, 0.717) is 22.5 Å². The predicted octanol–water partition coefficient (Wildman–Crippen LogP) is 3.95. The van der Waals surface area contributed by atoms with Crippen LogP contribution in [-0.2, 0) is 0 Å². The molecule has 1 saturated heterocycles. The highest BCUT2D eigenvalue weighted by Gasteiger charge is 2.21. The van der Waals surface area contributed by atoms with Crippen LogP contribution in [0, 0.1) is 5.92 Å². The Morgan fingerprint density at radius 1 is 1.43 bits per heavy atom. The maximum absolute atomic E-state index is 12.2. The summed E-state index contributed by atoms with van der Waals surface area (Å²) in [6.07, 6.45) is 2.29. The standard InChI is InChI=1S/C16H22BrClN2O/c1-11(2)20-7-5-12(6-8-20)10-19-16(21)14-9-13(17)3-4-15(14)18/h3-4,9,11-12H,5-8,10H2,1-2H3,(H,19,21). The molecule has 3 nitrogen and oxygen atoms in total. The lowest BCUT2D eigenvalue weighted by atomic mass is 9.96. The molecule has 1 amide bonds. The average Bonchev–Trinajstić information content (AvgIpc) is 2.47. The summed E-state index contributed by atoms with van der Waals surface area (Å²) in [4.78, 5) is 14.7. The Morgan fingerprint density at radius 2 is 2.10 bits per heavy atom. The number of hydrogen-bond acceptors (Lipinski definition) is 2. The van der Waals surface area contributed by atoms with Crippen molar-refractivity contribution in [1.29, 1.82) is 0 Å². The maximum Gasteiger partial charge on any atom is 0.252 e. The molecule has 5 heteroatoms. The van der Waals surface area contributed by atoms with Crippen molar-refractivity contribution in [2.75, 3.05) is 19.6 Å². The zero-order valence-electron chi connectivity index (χ0n) is 12.5. The zero-order chi connectivity index (χ0) is 15.4. The van der Waals surface area contributed by atoms with E-state index >= 15 is 0 Å². The minimum absolute atomic E-state index is 0.0902. The van der Waals surface area contributed by atoms with Gasteiger partial charge in [-0.05, 0) is 63.9 Å². The number of amides is 1. The lowest BCUT2D eigenvalue weighted by Crippen LogP contribution is -2.41. The summed E-state index contributed by atoms with van der Waals surface area (Å²) >= 11 is 9.45. The molecule has 1 fully saturated rings. The first-order chi connectivity index (χ1) is 9.97. The second-order valence-corrected chi connectivity index (χ2v) is 7.23. The number of piperidine rings is 1. The molecule has 21 heavy (non-hydrogen) atoms. The zero-order valence-corrected chi connectivity index (χ0v) is 14.9. The molecule has 1 aromatic rings. The number of carbonyl (C=O) groups is 1. The average molecular weight is 374 g/mol. The monoisotopic (exact) mass is 372 g/mol. The fraction of sp³-hybridized carbons (Fsp3) is 0.562. The van der Waals surface area contributed by atoms with E-state index in [4.69, 9.17) is 11.6 Å². The summed E-state index contributed by atoms with van der Waals surface area (Å²) in [5.74, 6) is 0.475. The van der Waals surface area contributed by atoms with Gasteiger partial charge in [-0.15, -0.1) is 0 Å². The Labute approximate surface area is 140 Å². The van der Waals surface area contributed by atoms with E-state index in [1.165, 1.54) is 0 Å². The number of rotatable bonds is 4. The molecule has 0 aliphatic carbocycles. The number of nitrogens with one attached hydrogen (secondary N) is 1. The molecule has 1 aliphatic rings. The van der Waals surface area contributed by atoms with Gasteiger partial charge in [0.1, 0.15) is 0 Å². The fourth-order valence-corrected chi connectivity index (χ4v) is 3.24. The number of halogens is 2. The van der Waals surface area contributed by atoms with Crippen LogP contribution in [-0.4, -0.2) is 36.5 Å². The van der Waals surface area contributed by atoms with Crippen molar-refractivity contribution in [2.45, 2.75) is 32.7 Å². The molecule has 0 aromatic heterocycles. The highest BCUT2D eigenvalue weighted by atomic mass is 79.9. The Kier molecular flexibility index (Phi) is 6.08. The summed E-state index contributed by atoms with van der Waals surface area (Å²) in [7, 11) is 0. The van der Waals surface area contributed by atoms with Crippen LogP contribution in [0.2, 0.25) is 5.02 Å². The summed E-state index contributed by atoms with van der Waals surface area (Å²) in [6.45, 7) is 7.44. The van der Waals surface area contributed by atoms with E-state index in [9.17, 15) is 4.79 Å². The summed E-state index contributed by atoms with van der Waals surface area (Å²) in [5, 5.41) is 3.51. The Morgan fingerprint density at radius 3 is 2.71 bits per heavy atom. The molecule has 2 rings (SSSR count). The van der Waals surface area contributed by atoms with Crippen molar-refractivity contribution in [2.24, 2.45) is 5.92 Å². The maximum atomic E-state index is 12.2. The molecule has 0 atom stereocenters. The van der Waals surface area contributed by atoms with Gasteiger partial charge < -0.3 is 10.2 Å². The second kappa shape index (κ2) is 7.61. The number of carbonyl (C=O) groups excluding carboxylic acids is 1. The molecule has 0 spiro atoms. The van der Waals surface area contributed by atoms with Gasteiger partial charge in [0.25, 0.3) is 5.91 Å². The van der Waals surface area contributed by atoms with Crippen LogP contribution in [0.25, 0.3) is 0 Å².